The Morgan fingerprint density at radius 2 is 2.03 bits per heavy atom. The third kappa shape index (κ3) is 2.83. The predicted octanol–water partition coefficient (Wildman–Crippen LogP) is 4.75. The van der Waals surface area contributed by atoms with Crippen LogP contribution >= 0.6 is 22.9 Å². The minimum atomic E-state index is -0.888. The van der Waals surface area contributed by atoms with Crippen molar-refractivity contribution in [2.45, 2.75) is 19.4 Å². The van der Waals surface area contributed by atoms with Crippen molar-refractivity contribution < 1.29 is 13.6 Å². The molecule has 1 unspecified atom stereocenters. The Labute approximate surface area is 178 Å². The quantitative estimate of drug-likeness (QED) is 0.458. The molecular formula is C21H13ClFN3O3S. The average molecular weight is 442 g/mol. The van der Waals surface area contributed by atoms with Crippen LogP contribution in [0.15, 0.2) is 51.7 Å². The minimum Gasteiger partial charge on any atom is -0.450 e. The Balaban J connectivity index is 1.82. The van der Waals surface area contributed by atoms with E-state index in [0.29, 0.717) is 22.1 Å². The summed E-state index contributed by atoms with van der Waals surface area (Å²) in [5.41, 5.74) is 0.430. The number of fused-ring (bicyclic) bond motifs is 2. The first-order valence-electron chi connectivity index (χ1n) is 9.15. The van der Waals surface area contributed by atoms with E-state index >= 15 is 0 Å². The van der Waals surface area contributed by atoms with Gasteiger partial charge in [0.15, 0.2) is 5.43 Å². The molecule has 0 saturated carbocycles. The number of hydrogen-bond donors (Lipinski definition) is 0. The van der Waals surface area contributed by atoms with Crippen LogP contribution in [0, 0.1) is 5.82 Å². The number of carbonyl (C=O) groups excluding carboxylic acids is 1. The maximum Gasteiger partial charge on any atom is 0.297 e. The number of nitrogens with zero attached hydrogens (tertiary/aromatic N) is 3. The number of benzene rings is 2. The van der Waals surface area contributed by atoms with Crippen LogP contribution in [-0.4, -0.2) is 16.1 Å². The Kier molecular flexibility index (Phi) is 4.41. The molecule has 1 aliphatic rings. The fourth-order valence-corrected chi connectivity index (χ4v) is 4.60. The van der Waals surface area contributed by atoms with E-state index in [1.54, 1.807) is 18.2 Å². The lowest BCUT2D eigenvalue weighted by Gasteiger charge is -2.22. The lowest BCUT2D eigenvalue weighted by atomic mass is 9.98. The van der Waals surface area contributed by atoms with Crippen LogP contribution in [0.2, 0.25) is 5.02 Å². The summed E-state index contributed by atoms with van der Waals surface area (Å²) in [6.45, 7) is 1.93. The van der Waals surface area contributed by atoms with Gasteiger partial charge in [-0.05, 0) is 42.3 Å². The van der Waals surface area contributed by atoms with E-state index in [0.717, 1.165) is 5.01 Å². The Morgan fingerprint density at radius 3 is 2.77 bits per heavy atom. The molecule has 30 heavy (non-hydrogen) atoms. The number of rotatable bonds is 3. The molecule has 2 aromatic carbocycles. The van der Waals surface area contributed by atoms with Crippen LogP contribution in [-0.2, 0) is 6.42 Å². The number of hydrogen-bond acceptors (Lipinski definition) is 6. The third-order valence-electron chi connectivity index (χ3n) is 4.96. The second-order valence-corrected chi connectivity index (χ2v) is 8.26. The molecule has 1 amide bonds. The van der Waals surface area contributed by atoms with Gasteiger partial charge in [0.25, 0.3) is 5.91 Å². The zero-order valence-electron chi connectivity index (χ0n) is 15.6. The largest absolute Gasteiger partial charge is 0.450 e. The van der Waals surface area contributed by atoms with Gasteiger partial charge in [-0.25, -0.2) is 4.39 Å². The van der Waals surface area contributed by atoms with Gasteiger partial charge in [0.1, 0.15) is 16.4 Å². The summed E-state index contributed by atoms with van der Waals surface area (Å²) in [5.74, 6) is -1.09. The first kappa shape index (κ1) is 18.9. The molecule has 6 nitrogen and oxygen atoms in total. The van der Waals surface area contributed by atoms with Crippen LogP contribution in [0.1, 0.15) is 39.7 Å². The van der Waals surface area contributed by atoms with E-state index in [2.05, 4.69) is 10.2 Å². The van der Waals surface area contributed by atoms with Crippen LogP contribution in [0.25, 0.3) is 11.0 Å². The van der Waals surface area contributed by atoms with Crippen LogP contribution in [0.3, 0.4) is 0 Å². The lowest BCUT2D eigenvalue weighted by molar-refractivity contribution is 0.0970. The van der Waals surface area contributed by atoms with Crippen molar-refractivity contribution in [2.24, 2.45) is 0 Å². The van der Waals surface area contributed by atoms with E-state index in [1.807, 2.05) is 6.92 Å². The highest BCUT2D eigenvalue weighted by atomic mass is 35.5. The number of aromatic nitrogens is 2. The Bertz CT molecular complexity index is 1380. The molecule has 0 spiro atoms. The molecule has 3 heterocycles. The Hall–Kier alpha value is -3.10. The van der Waals surface area contributed by atoms with Crippen LogP contribution in [0.4, 0.5) is 9.52 Å². The van der Waals surface area contributed by atoms with Crippen molar-refractivity contribution in [3.05, 3.63) is 85.4 Å². The van der Waals surface area contributed by atoms with Gasteiger partial charge in [0.2, 0.25) is 10.9 Å². The molecule has 0 N–H and O–H groups in total. The number of amides is 1. The molecular weight excluding hydrogens is 429 g/mol. The van der Waals surface area contributed by atoms with E-state index in [4.69, 9.17) is 16.0 Å². The van der Waals surface area contributed by atoms with Crippen molar-refractivity contribution >= 4 is 44.9 Å². The minimum absolute atomic E-state index is 0.0858. The van der Waals surface area contributed by atoms with E-state index in [9.17, 15) is 14.0 Å². The van der Waals surface area contributed by atoms with Gasteiger partial charge < -0.3 is 4.42 Å². The molecule has 4 aromatic rings. The van der Waals surface area contributed by atoms with Gasteiger partial charge in [-0.3, -0.25) is 14.5 Å². The molecule has 0 fully saturated rings. The average Bonchev–Trinajstić information content (AvgIpc) is 3.31. The fourth-order valence-electron chi connectivity index (χ4n) is 3.62. The summed E-state index contributed by atoms with van der Waals surface area (Å²) in [4.78, 5) is 28.1. The summed E-state index contributed by atoms with van der Waals surface area (Å²) < 4.78 is 19.9. The Morgan fingerprint density at radius 1 is 1.20 bits per heavy atom. The SMILES string of the molecule is CCc1nnc(N2C(=O)c3oc4ccc(Cl)cc4c(=O)c3C2c2cccc(F)c2)s1. The highest BCUT2D eigenvalue weighted by Crippen LogP contribution is 2.42. The normalized spacial score (nSPS) is 15.8. The first-order chi connectivity index (χ1) is 14.5. The zero-order chi connectivity index (χ0) is 21.0. The van der Waals surface area contributed by atoms with Gasteiger partial charge in [-0.1, -0.05) is 42.0 Å². The van der Waals surface area contributed by atoms with Crippen molar-refractivity contribution in [3.8, 4) is 0 Å². The van der Waals surface area contributed by atoms with Crippen LogP contribution in [0.5, 0.6) is 0 Å². The van der Waals surface area contributed by atoms with Crippen molar-refractivity contribution in [3.63, 3.8) is 0 Å². The monoisotopic (exact) mass is 441 g/mol. The van der Waals surface area contributed by atoms with Crippen molar-refractivity contribution in [1.82, 2.24) is 10.2 Å². The molecule has 2 aromatic heterocycles. The third-order valence-corrected chi connectivity index (χ3v) is 6.26. The molecule has 0 saturated heterocycles. The van der Waals surface area contributed by atoms with Gasteiger partial charge in [0, 0.05) is 5.02 Å². The molecule has 150 valence electrons. The molecule has 1 atom stereocenters. The standard InChI is InChI=1S/C21H13ClFN3O3S/c1-2-15-24-25-21(30-15)26-17(10-4-3-5-12(23)8-10)16-18(27)13-9-11(22)6-7-14(13)29-19(16)20(26)28/h3-9,17H,2H2,1H3. The van der Waals surface area contributed by atoms with Crippen molar-refractivity contribution in [1.29, 1.82) is 0 Å². The summed E-state index contributed by atoms with van der Waals surface area (Å²) in [5, 5.41) is 9.90. The highest BCUT2D eigenvalue weighted by Gasteiger charge is 2.45. The molecule has 0 bridgehead atoms. The topological polar surface area (TPSA) is 76.3 Å². The predicted molar refractivity (Wildman–Crippen MR) is 112 cm³/mol. The zero-order valence-corrected chi connectivity index (χ0v) is 17.1. The molecule has 9 heteroatoms. The summed E-state index contributed by atoms with van der Waals surface area (Å²) in [6.07, 6.45) is 0.650. The maximum atomic E-state index is 14.0. The highest BCUT2D eigenvalue weighted by molar-refractivity contribution is 7.15. The van der Waals surface area contributed by atoms with E-state index < -0.39 is 17.8 Å². The first-order valence-corrected chi connectivity index (χ1v) is 10.3. The smallest absolute Gasteiger partial charge is 0.297 e. The second kappa shape index (κ2) is 7.00. The number of aryl methyl sites for hydroxylation is 1. The van der Waals surface area contributed by atoms with Crippen LogP contribution < -0.4 is 10.3 Å². The lowest BCUT2D eigenvalue weighted by Crippen LogP contribution is -2.29. The van der Waals surface area contributed by atoms with Gasteiger partial charge >= 0.3 is 0 Å². The summed E-state index contributed by atoms with van der Waals surface area (Å²) >= 11 is 7.31. The molecule has 5 rings (SSSR count). The second-order valence-electron chi connectivity index (χ2n) is 6.78. The summed E-state index contributed by atoms with van der Waals surface area (Å²) in [7, 11) is 0. The van der Waals surface area contributed by atoms with E-state index in [1.165, 1.54) is 40.5 Å². The van der Waals surface area contributed by atoms with Crippen molar-refractivity contribution in [2.75, 3.05) is 4.90 Å². The van der Waals surface area contributed by atoms with Gasteiger partial charge in [-0.15, -0.1) is 10.2 Å². The molecule has 1 aliphatic heterocycles. The number of carbonyl (C=O) groups is 1. The maximum absolute atomic E-state index is 14.0. The molecule has 0 aliphatic carbocycles. The van der Waals surface area contributed by atoms with Gasteiger partial charge in [-0.2, -0.15) is 0 Å². The fraction of sp³-hybridized carbons (Fsp3) is 0.143. The number of halogens is 2. The number of anilines is 1. The molecule has 0 radical (unpaired) electrons. The van der Waals surface area contributed by atoms with Gasteiger partial charge in [0.05, 0.1) is 17.0 Å². The summed E-state index contributed by atoms with van der Waals surface area (Å²) in [6, 6.07) is 9.53. The van der Waals surface area contributed by atoms with E-state index in [-0.39, 0.29) is 27.7 Å².